The van der Waals surface area contributed by atoms with E-state index in [1.807, 2.05) is 0 Å². The average Bonchev–Trinajstić information content (AvgIpc) is 2.58. The van der Waals surface area contributed by atoms with Crippen molar-refractivity contribution in [3.63, 3.8) is 0 Å². The van der Waals surface area contributed by atoms with E-state index in [0.717, 1.165) is 12.0 Å². The normalized spacial score (nSPS) is 32.2. The van der Waals surface area contributed by atoms with Gasteiger partial charge in [-0.15, -0.1) is 0 Å². The molecule has 0 spiro atoms. The molecular weight excluding hydrogens is 400 g/mol. The number of allylic oxidation sites excluding steroid dienone is 4. The van der Waals surface area contributed by atoms with E-state index in [0.29, 0.717) is 23.2 Å². The molecule has 0 amide bonds. The number of carbonyl (C=O) groups excluding carboxylic acids is 1. The van der Waals surface area contributed by atoms with E-state index in [4.69, 9.17) is 9.53 Å². The van der Waals surface area contributed by atoms with Crippen molar-refractivity contribution in [2.75, 3.05) is 6.61 Å². The fourth-order valence-corrected chi connectivity index (χ4v) is 6.64. The number of hydrogen-bond donors (Lipinski definition) is 1. The summed E-state index contributed by atoms with van der Waals surface area (Å²) in [7, 11) is -1.71. The average molecular weight is 447 g/mol. The number of fused-ring (bicyclic) bond motifs is 2. The van der Waals surface area contributed by atoms with Crippen LogP contribution in [0.15, 0.2) is 35.6 Å². The van der Waals surface area contributed by atoms with Gasteiger partial charge in [-0.2, -0.15) is 0 Å². The lowest BCUT2D eigenvalue weighted by molar-refractivity contribution is -0.134. The van der Waals surface area contributed by atoms with E-state index in [-0.39, 0.29) is 36.2 Å². The molecule has 176 valence electrons. The van der Waals surface area contributed by atoms with Crippen LogP contribution in [-0.4, -0.2) is 25.8 Å². The Morgan fingerprint density at radius 1 is 1.03 bits per heavy atom. The Bertz CT molecular complexity index is 807. The van der Waals surface area contributed by atoms with Gasteiger partial charge < -0.3 is 9.53 Å². The second kappa shape index (κ2) is 8.02. The summed E-state index contributed by atoms with van der Waals surface area (Å²) in [4.78, 5) is 11.4. The lowest BCUT2D eigenvalue weighted by Crippen LogP contribution is -2.52. The largest absolute Gasteiger partial charge is 0.546 e. The summed E-state index contributed by atoms with van der Waals surface area (Å²) in [6, 6.07) is 0. The smallest absolute Gasteiger partial charge is 0.250 e. The summed E-state index contributed by atoms with van der Waals surface area (Å²) in [5.74, 6) is 3.39. The van der Waals surface area contributed by atoms with E-state index in [1.54, 1.807) is 6.08 Å². The van der Waals surface area contributed by atoms with Crippen LogP contribution in [0.1, 0.15) is 68.7 Å². The maximum Gasteiger partial charge on any atom is 0.250 e. The molecule has 6 aliphatic rings. The minimum atomic E-state index is -1.71. The molecule has 31 heavy (non-hydrogen) atoms. The van der Waals surface area contributed by atoms with Gasteiger partial charge in [0.15, 0.2) is 5.78 Å². The molecule has 0 saturated heterocycles. The van der Waals surface area contributed by atoms with Crippen molar-refractivity contribution < 1.29 is 14.3 Å². The highest BCUT2D eigenvalue weighted by molar-refractivity contribution is 6.74. The summed E-state index contributed by atoms with van der Waals surface area (Å²) >= 11 is 0. The van der Waals surface area contributed by atoms with Crippen LogP contribution in [0.4, 0.5) is 0 Å². The van der Waals surface area contributed by atoms with Gasteiger partial charge in [0.1, 0.15) is 0 Å². The molecule has 1 N–H and O–H groups in total. The standard InChI is InChI=1S/C16H28OSi.C10H14O2.CH4/c1-11-9-14(13-10-12(11)16(13,5)6)17-18(7,8)15(2,3)4;1-10(2)7-4-8(10)9(12)3-6(7)5-11;/h9,12-13H,1,10H2,2-8H3;3,7-8,11H,4-5H2,1-2H3;1H4/t12-,13+;7-,8+;/m11./s1. The summed E-state index contributed by atoms with van der Waals surface area (Å²) in [5.41, 5.74) is 2.66. The second-order valence-corrected chi connectivity index (χ2v) is 17.3. The minimum Gasteiger partial charge on any atom is -0.546 e. The van der Waals surface area contributed by atoms with Gasteiger partial charge in [0.05, 0.1) is 12.4 Å². The molecular formula is C27H46O3Si. The molecule has 2 fully saturated rings. The molecule has 6 rings (SSSR count). The fourth-order valence-electron chi connectivity index (χ4n) is 5.55. The number of hydrogen-bond acceptors (Lipinski definition) is 3. The fraction of sp³-hybridized carbons (Fsp3) is 0.741. The van der Waals surface area contributed by atoms with E-state index in [9.17, 15) is 4.79 Å². The molecule has 0 aromatic rings. The summed E-state index contributed by atoms with van der Waals surface area (Å²) in [5, 5.41) is 9.28. The molecule has 0 aliphatic heterocycles. The van der Waals surface area contributed by atoms with Crippen molar-refractivity contribution in [2.45, 2.75) is 86.9 Å². The molecule has 3 nitrogen and oxygen atoms in total. The van der Waals surface area contributed by atoms with Gasteiger partial charge in [0.2, 0.25) is 8.32 Å². The zero-order chi connectivity index (χ0) is 22.9. The Hall–Kier alpha value is -1.13. The van der Waals surface area contributed by atoms with E-state index in [2.05, 4.69) is 74.2 Å². The van der Waals surface area contributed by atoms with Crippen molar-refractivity contribution >= 4 is 14.1 Å². The van der Waals surface area contributed by atoms with Gasteiger partial charge in [-0.05, 0) is 76.9 Å². The number of aliphatic hydroxyl groups is 1. The first-order valence-electron chi connectivity index (χ1n) is 11.5. The third-order valence-corrected chi connectivity index (χ3v) is 13.5. The number of aliphatic hydroxyl groups excluding tert-OH is 1. The summed E-state index contributed by atoms with van der Waals surface area (Å²) in [6.45, 7) is 24.8. The number of ketones is 1. The summed E-state index contributed by atoms with van der Waals surface area (Å²) < 4.78 is 6.54. The topological polar surface area (TPSA) is 46.5 Å². The predicted molar refractivity (Wildman–Crippen MR) is 133 cm³/mol. The maximum absolute atomic E-state index is 11.4. The lowest BCUT2D eigenvalue weighted by atomic mass is 9.48. The SMILES string of the molecule is C.C=C1C=C(O[Si](C)(C)C(C)(C)C)[C@@H]2C[C@H]1C2(C)C.CC1(C)[C@@H]2C[C@H]1C(=O)C=C2CO. The van der Waals surface area contributed by atoms with Crippen LogP contribution < -0.4 is 0 Å². The quantitative estimate of drug-likeness (QED) is 0.479. The molecule has 0 aromatic heterocycles. The molecule has 0 unspecified atom stereocenters. The van der Waals surface area contributed by atoms with Crippen LogP contribution in [0, 0.1) is 34.5 Å². The molecule has 4 heteroatoms. The molecule has 4 bridgehead atoms. The second-order valence-electron chi connectivity index (χ2n) is 12.6. The Morgan fingerprint density at radius 3 is 1.94 bits per heavy atom. The van der Waals surface area contributed by atoms with Crippen LogP contribution in [0.5, 0.6) is 0 Å². The highest BCUT2D eigenvalue weighted by Gasteiger charge is 2.56. The van der Waals surface area contributed by atoms with Crippen molar-refractivity contribution in [1.82, 2.24) is 0 Å². The first kappa shape index (κ1) is 26.1. The predicted octanol–water partition coefficient (Wildman–Crippen LogP) is 6.91. The Morgan fingerprint density at radius 2 is 1.55 bits per heavy atom. The van der Waals surface area contributed by atoms with Gasteiger partial charge in [0.25, 0.3) is 0 Å². The lowest BCUT2D eigenvalue weighted by Gasteiger charge is -2.57. The van der Waals surface area contributed by atoms with Crippen molar-refractivity contribution in [2.24, 2.45) is 34.5 Å². The van der Waals surface area contributed by atoms with Crippen molar-refractivity contribution in [3.05, 3.63) is 35.6 Å². The van der Waals surface area contributed by atoms with Crippen molar-refractivity contribution in [3.8, 4) is 0 Å². The van der Waals surface area contributed by atoms with E-state index in [1.165, 1.54) is 17.8 Å². The van der Waals surface area contributed by atoms with Crippen LogP contribution >= 0.6 is 0 Å². The Kier molecular flexibility index (Phi) is 6.76. The molecule has 0 heterocycles. The van der Waals surface area contributed by atoms with E-state index >= 15 is 0 Å². The minimum absolute atomic E-state index is 0. The van der Waals surface area contributed by atoms with Gasteiger partial charge in [0, 0.05) is 11.8 Å². The van der Waals surface area contributed by atoms with Gasteiger partial charge in [-0.3, -0.25) is 4.79 Å². The Labute approximate surface area is 192 Å². The molecule has 2 saturated carbocycles. The van der Waals surface area contributed by atoms with Gasteiger partial charge in [-0.25, -0.2) is 0 Å². The monoisotopic (exact) mass is 446 g/mol. The van der Waals surface area contributed by atoms with Crippen molar-refractivity contribution in [1.29, 1.82) is 0 Å². The number of rotatable bonds is 3. The van der Waals surface area contributed by atoms with E-state index < -0.39 is 8.32 Å². The molecule has 4 atom stereocenters. The third-order valence-electron chi connectivity index (χ3n) is 9.13. The first-order valence-corrected chi connectivity index (χ1v) is 14.4. The molecule has 0 radical (unpaired) electrons. The summed E-state index contributed by atoms with van der Waals surface area (Å²) in [6.07, 6.45) is 6.07. The highest BCUT2D eigenvalue weighted by atomic mass is 28.4. The van der Waals surface area contributed by atoms with Crippen LogP contribution in [0.25, 0.3) is 0 Å². The molecule has 6 aliphatic carbocycles. The Balaban J connectivity index is 0.000000229. The third kappa shape index (κ3) is 4.15. The number of carbonyl (C=O) groups is 1. The van der Waals surface area contributed by atoms with Crippen LogP contribution in [0.3, 0.4) is 0 Å². The zero-order valence-electron chi connectivity index (χ0n) is 20.6. The zero-order valence-corrected chi connectivity index (χ0v) is 21.6. The maximum atomic E-state index is 11.4. The van der Waals surface area contributed by atoms with Crippen LogP contribution in [0.2, 0.25) is 18.1 Å². The van der Waals surface area contributed by atoms with Gasteiger partial charge >= 0.3 is 0 Å². The highest BCUT2D eigenvalue weighted by Crippen LogP contribution is 2.61. The first-order chi connectivity index (χ1) is 13.5. The van der Waals surface area contributed by atoms with Crippen LogP contribution in [-0.2, 0) is 9.22 Å². The van der Waals surface area contributed by atoms with Gasteiger partial charge in [-0.1, -0.05) is 62.5 Å². The molecule has 0 aromatic carbocycles.